The van der Waals surface area contributed by atoms with Crippen molar-refractivity contribution < 1.29 is 18.0 Å². The predicted molar refractivity (Wildman–Crippen MR) is 155 cm³/mol. The van der Waals surface area contributed by atoms with E-state index in [1.54, 1.807) is 18.2 Å². The second-order valence-electron chi connectivity index (χ2n) is 9.39. The number of nitrogens with zero attached hydrogens (tertiary/aromatic N) is 2. The fourth-order valence-electron chi connectivity index (χ4n) is 3.98. The van der Waals surface area contributed by atoms with E-state index in [-0.39, 0.29) is 29.8 Å². The molecule has 0 aliphatic rings. The van der Waals surface area contributed by atoms with Crippen LogP contribution in [0.25, 0.3) is 0 Å². The lowest BCUT2D eigenvalue weighted by Gasteiger charge is -2.33. The molecule has 0 aromatic heterocycles. The molecule has 0 radical (unpaired) electrons. The van der Waals surface area contributed by atoms with Crippen LogP contribution in [0.15, 0.2) is 83.8 Å². The zero-order chi connectivity index (χ0) is 28.6. The highest BCUT2D eigenvalue weighted by Crippen LogP contribution is 2.21. The van der Waals surface area contributed by atoms with Gasteiger partial charge in [0.15, 0.2) is 0 Å². The van der Waals surface area contributed by atoms with Crippen LogP contribution in [0.5, 0.6) is 0 Å². The topological polar surface area (TPSA) is 86.8 Å². The summed E-state index contributed by atoms with van der Waals surface area (Å²) in [5, 5.41) is 3.89. The van der Waals surface area contributed by atoms with E-state index in [4.69, 9.17) is 23.2 Å². The second kappa shape index (κ2) is 13.9. The van der Waals surface area contributed by atoms with Crippen LogP contribution >= 0.6 is 23.2 Å². The van der Waals surface area contributed by atoms with Gasteiger partial charge in [-0.15, -0.1) is 0 Å². The van der Waals surface area contributed by atoms with E-state index < -0.39 is 28.5 Å². The summed E-state index contributed by atoms with van der Waals surface area (Å²) in [7, 11) is -2.65. The minimum Gasteiger partial charge on any atom is -0.352 e. The summed E-state index contributed by atoms with van der Waals surface area (Å²) < 4.78 is 27.4. The molecule has 0 aliphatic heterocycles. The van der Waals surface area contributed by atoms with Crippen LogP contribution in [0, 0.1) is 0 Å². The summed E-state index contributed by atoms with van der Waals surface area (Å²) >= 11 is 12.1. The Hall–Kier alpha value is -2.91. The Kier molecular flexibility index (Phi) is 10.9. The Morgan fingerprint density at radius 2 is 1.54 bits per heavy atom. The lowest BCUT2D eigenvalue weighted by Crippen LogP contribution is -2.54. The van der Waals surface area contributed by atoms with Crippen LogP contribution in [0.4, 0.5) is 0 Å². The highest BCUT2D eigenvalue weighted by Gasteiger charge is 2.33. The fourth-order valence-corrected chi connectivity index (χ4v) is 5.44. The lowest BCUT2D eigenvalue weighted by atomic mass is 10.0. The molecule has 0 bridgehead atoms. The van der Waals surface area contributed by atoms with Crippen molar-refractivity contribution in [3.63, 3.8) is 0 Å². The number of rotatable bonds is 12. The van der Waals surface area contributed by atoms with Crippen LogP contribution < -0.4 is 5.32 Å². The molecule has 0 saturated heterocycles. The third-order valence-corrected chi connectivity index (χ3v) is 8.70. The van der Waals surface area contributed by atoms with Gasteiger partial charge in [0, 0.05) is 36.1 Å². The largest absolute Gasteiger partial charge is 0.352 e. The van der Waals surface area contributed by atoms with Gasteiger partial charge in [0.1, 0.15) is 6.04 Å². The molecule has 1 N–H and O–H groups in total. The lowest BCUT2D eigenvalue weighted by molar-refractivity contribution is -0.141. The summed E-state index contributed by atoms with van der Waals surface area (Å²) in [6.45, 7) is 3.46. The summed E-state index contributed by atoms with van der Waals surface area (Å²) in [6, 6.07) is 21.2. The van der Waals surface area contributed by atoms with Crippen molar-refractivity contribution in [2.75, 3.05) is 13.6 Å². The van der Waals surface area contributed by atoms with Crippen molar-refractivity contribution in [2.45, 2.75) is 50.2 Å². The van der Waals surface area contributed by atoms with E-state index in [1.807, 2.05) is 50.2 Å². The number of halogens is 2. The average molecular weight is 591 g/mol. The van der Waals surface area contributed by atoms with E-state index in [0.717, 1.165) is 9.87 Å². The van der Waals surface area contributed by atoms with Gasteiger partial charge in [-0.2, -0.15) is 4.31 Å². The molecule has 0 heterocycles. The summed E-state index contributed by atoms with van der Waals surface area (Å²) in [5.41, 5.74) is 1.58. The third-order valence-electron chi connectivity index (χ3n) is 6.39. The molecule has 0 spiro atoms. The monoisotopic (exact) mass is 589 g/mol. The van der Waals surface area contributed by atoms with Crippen LogP contribution in [0.1, 0.15) is 31.4 Å². The highest BCUT2D eigenvalue weighted by molar-refractivity contribution is 7.89. The van der Waals surface area contributed by atoms with Crippen molar-refractivity contribution >= 4 is 45.0 Å². The molecule has 2 atom stereocenters. The Morgan fingerprint density at radius 3 is 2.15 bits per heavy atom. The standard InChI is InChI=1S/C29H33Cl2N3O4S/c1-4-21(2)32-29(36)27(18-22-9-6-5-7-10-22)34(19-23-11-8-12-25(31)17-23)28(35)20-33(3)39(37,38)26-15-13-24(30)14-16-26/h5-17,21,27H,4,18-20H2,1-3H3,(H,32,36). The predicted octanol–water partition coefficient (Wildman–Crippen LogP) is 5.17. The first-order valence-corrected chi connectivity index (χ1v) is 14.8. The maximum Gasteiger partial charge on any atom is 0.243 e. The number of hydrogen-bond donors (Lipinski definition) is 1. The number of hydrogen-bond acceptors (Lipinski definition) is 4. The summed E-state index contributed by atoms with van der Waals surface area (Å²) in [6.07, 6.45) is 0.969. The van der Waals surface area contributed by atoms with Gasteiger partial charge >= 0.3 is 0 Å². The van der Waals surface area contributed by atoms with Crippen molar-refractivity contribution in [1.29, 1.82) is 0 Å². The van der Waals surface area contributed by atoms with Gasteiger partial charge in [0.25, 0.3) is 0 Å². The maximum absolute atomic E-state index is 13.9. The average Bonchev–Trinajstić information content (AvgIpc) is 2.91. The smallest absolute Gasteiger partial charge is 0.243 e. The number of sulfonamides is 1. The molecule has 0 aliphatic carbocycles. The molecule has 39 heavy (non-hydrogen) atoms. The Morgan fingerprint density at radius 1 is 0.897 bits per heavy atom. The second-order valence-corrected chi connectivity index (χ2v) is 12.3. The number of likely N-dealkylation sites (N-methyl/N-ethyl adjacent to an activating group) is 1. The Bertz CT molecular complexity index is 1370. The summed E-state index contributed by atoms with van der Waals surface area (Å²) in [5.74, 6) is -0.831. The SMILES string of the molecule is CCC(C)NC(=O)C(Cc1ccccc1)N(Cc1cccc(Cl)c1)C(=O)CN(C)S(=O)(=O)c1ccc(Cl)cc1. The van der Waals surface area contributed by atoms with Crippen LogP contribution in [0.2, 0.25) is 10.0 Å². The van der Waals surface area contributed by atoms with Crippen LogP contribution in [-0.2, 0) is 32.6 Å². The van der Waals surface area contributed by atoms with Gasteiger partial charge in [0.2, 0.25) is 21.8 Å². The van der Waals surface area contributed by atoms with Crippen LogP contribution in [0.3, 0.4) is 0 Å². The molecule has 0 saturated carbocycles. The minimum absolute atomic E-state index is 0.0129. The molecule has 2 amide bonds. The maximum atomic E-state index is 13.9. The zero-order valence-electron chi connectivity index (χ0n) is 22.2. The quantitative estimate of drug-likeness (QED) is 0.316. The van der Waals surface area contributed by atoms with Gasteiger partial charge in [-0.3, -0.25) is 9.59 Å². The molecule has 7 nitrogen and oxygen atoms in total. The molecule has 3 aromatic carbocycles. The fraction of sp³-hybridized carbons (Fsp3) is 0.310. The minimum atomic E-state index is -3.99. The van der Waals surface area contributed by atoms with Gasteiger partial charge < -0.3 is 10.2 Å². The van der Waals surface area contributed by atoms with E-state index >= 15 is 0 Å². The zero-order valence-corrected chi connectivity index (χ0v) is 24.5. The molecule has 0 fully saturated rings. The molecular weight excluding hydrogens is 557 g/mol. The number of nitrogens with one attached hydrogen (secondary N) is 1. The first-order chi connectivity index (χ1) is 18.5. The number of carbonyl (C=O) groups is 2. The van der Waals surface area contributed by atoms with Gasteiger partial charge in [-0.05, 0) is 60.9 Å². The number of carbonyl (C=O) groups excluding carboxylic acids is 2. The number of amides is 2. The van der Waals surface area contributed by atoms with E-state index in [1.165, 1.54) is 36.2 Å². The molecule has 208 valence electrons. The van der Waals surface area contributed by atoms with E-state index in [9.17, 15) is 18.0 Å². The molecule has 10 heteroatoms. The van der Waals surface area contributed by atoms with E-state index in [2.05, 4.69) is 5.32 Å². The normalized spacial score (nSPS) is 13.1. The van der Waals surface area contributed by atoms with Crippen LogP contribution in [-0.4, -0.2) is 55.1 Å². The molecular formula is C29H33Cl2N3O4S. The van der Waals surface area contributed by atoms with Gasteiger partial charge in [0.05, 0.1) is 11.4 Å². The first kappa shape index (κ1) is 30.6. The Balaban J connectivity index is 1.98. The van der Waals surface area contributed by atoms with Gasteiger partial charge in [-0.1, -0.05) is 72.6 Å². The first-order valence-electron chi connectivity index (χ1n) is 12.6. The number of benzene rings is 3. The molecule has 2 unspecified atom stereocenters. The summed E-state index contributed by atoms with van der Waals surface area (Å²) in [4.78, 5) is 28.9. The highest BCUT2D eigenvalue weighted by atomic mass is 35.5. The Labute approximate surface area is 240 Å². The van der Waals surface area contributed by atoms with Crippen molar-refractivity contribution in [3.8, 4) is 0 Å². The third kappa shape index (κ3) is 8.54. The van der Waals surface area contributed by atoms with E-state index in [0.29, 0.717) is 22.0 Å². The van der Waals surface area contributed by atoms with Gasteiger partial charge in [-0.25, -0.2) is 8.42 Å². The van der Waals surface area contributed by atoms with Crippen molar-refractivity contribution in [1.82, 2.24) is 14.5 Å². The van der Waals surface area contributed by atoms with Crippen molar-refractivity contribution in [2.24, 2.45) is 0 Å². The van der Waals surface area contributed by atoms with Crippen molar-refractivity contribution in [3.05, 3.63) is 100 Å². The molecule has 3 rings (SSSR count). The molecule has 3 aromatic rings.